The van der Waals surface area contributed by atoms with Crippen LogP contribution in [0.4, 0.5) is 5.69 Å². The highest BCUT2D eigenvalue weighted by molar-refractivity contribution is 5.91. The zero-order chi connectivity index (χ0) is 18.5. The Hall–Kier alpha value is -4.08. The minimum Gasteiger partial charge on any atom is -0.857 e. The molecule has 0 aliphatic rings. The third kappa shape index (κ3) is 3.87. The minimum absolute atomic E-state index is 0.0400. The van der Waals surface area contributed by atoms with E-state index in [9.17, 15) is 20.0 Å². The van der Waals surface area contributed by atoms with Gasteiger partial charge in [0.2, 0.25) is 5.69 Å². The summed E-state index contributed by atoms with van der Waals surface area (Å²) in [4.78, 5) is 21.1. The van der Waals surface area contributed by atoms with Crippen molar-refractivity contribution in [3.63, 3.8) is 0 Å². The molecule has 0 aliphatic heterocycles. The molecule has 0 radical (unpaired) electrons. The van der Waals surface area contributed by atoms with Crippen molar-refractivity contribution >= 4 is 17.8 Å². The first kappa shape index (κ1) is 16.8. The van der Waals surface area contributed by atoms with Gasteiger partial charge in [-0.05, 0) is 33.2 Å². The molecule has 10 nitrogen and oxygen atoms in total. The normalized spacial score (nSPS) is 11.8. The molecule has 2 aromatic carbocycles. The summed E-state index contributed by atoms with van der Waals surface area (Å²) >= 11 is 0. The Morgan fingerprint density at radius 3 is 2.65 bits per heavy atom. The largest absolute Gasteiger partial charge is 0.857 e. The van der Waals surface area contributed by atoms with E-state index in [1.807, 2.05) is 0 Å². The van der Waals surface area contributed by atoms with E-state index in [0.717, 1.165) is 0 Å². The van der Waals surface area contributed by atoms with Gasteiger partial charge in [-0.25, -0.2) is 4.79 Å². The van der Waals surface area contributed by atoms with Crippen LogP contribution in [0.2, 0.25) is 0 Å². The van der Waals surface area contributed by atoms with Crippen molar-refractivity contribution in [3.8, 4) is 5.69 Å². The summed E-state index contributed by atoms with van der Waals surface area (Å²) in [5, 5.41) is 32.3. The molecule has 0 unspecified atom stereocenters. The summed E-state index contributed by atoms with van der Waals surface area (Å²) in [6, 6.07) is 12.0. The molecule has 26 heavy (non-hydrogen) atoms. The van der Waals surface area contributed by atoms with E-state index < -0.39 is 16.4 Å². The first-order chi connectivity index (χ1) is 12.5. The molecule has 0 spiro atoms. The smallest absolute Gasteiger partial charge is 0.427 e. The molecular weight excluding hydrogens is 342 g/mol. The molecule has 0 saturated carbocycles. The standard InChI is InChI=1S/C16H11N5O5/c22-15-10-20(19-26-15)14-3-1-2-12(8-14)16(23)18-17-9-11-4-6-13(7-5-11)21(24)25/h1-10H,(H-,18,19,22,23)/b17-9+. The van der Waals surface area contributed by atoms with E-state index >= 15 is 0 Å². The Kier molecular flexibility index (Phi) is 4.65. The van der Waals surface area contributed by atoms with Crippen molar-refractivity contribution in [3.05, 3.63) is 86.4 Å². The molecule has 1 N–H and O–H groups in total. The topological polar surface area (TPSA) is 141 Å². The number of H-pyrrole nitrogens is 1. The number of hydrogen-bond donors (Lipinski definition) is 1. The Bertz CT molecular complexity index is 1050. The Labute approximate surface area is 145 Å². The maximum absolute atomic E-state index is 12.1. The number of aromatic amines is 1. The average Bonchev–Trinajstić information content (AvgIpc) is 3.08. The predicted molar refractivity (Wildman–Crippen MR) is 88.1 cm³/mol. The van der Waals surface area contributed by atoms with Crippen LogP contribution in [0.1, 0.15) is 11.1 Å². The predicted octanol–water partition coefficient (Wildman–Crippen LogP) is 0.294. The molecular formula is C16H11N5O5. The number of nitrogens with zero attached hydrogens (tertiary/aromatic N) is 4. The maximum atomic E-state index is 12.1. The fourth-order valence-corrected chi connectivity index (χ4v) is 2.06. The molecule has 0 fully saturated rings. The van der Waals surface area contributed by atoms with Gasteiger partial charge in [0.15, 0.2) is 0 Å². The average molecular weight is 353 g/mol. The second-order valence-corrected chi connectivity index (χ2v) is 5.06. The molecule has 1 heterocycles. The van der Waals surface area contributed by atoms with Crippen LogP contribution in [0.15, 0.2) is 74.2 Å². The molecule has 0 amide bonds. The van der Waals surface area contributed by atoms with E-state index in [-0.39, 0.29) is 11.3 Å². The van der Waals surface area contributed by atoms with Crippen LogP contribution >= 0.6 is 0 Å². The lowest BCUT2D eigenvalue weighted by Crippen LogP contribution is -2.32. The molecule has 10 heteroatoms. The van der Waals surface area contributed by atoms with Gasteiger partial charge in [-0.15, -0.1) is 0 Å². The Balaban J connectivity index is 1.77. The Morgan fingerprint density at radius 2 is 2.00 bits per heavy atom. The van der Waals surface area contributed by atoms with Crippen LogP contribution in [0, 0.1) is 10.1 Å². The van der Waals surface area contributed by atoms with Crippen molar-refractivity contribution < 1.29 is 19.2 Å². The number of hydrogen-bond acceptors (Lipinski definition) is 7. The number of nitro benzene ring substituents is 1. The number of rotatable bonds is 5. The second-order valence-electron chi connectivity index (χ2n) is 5.06. The van der Waals surface area contributed by atoms with E-state index in [1.165, 1.54) is 47.4 Å². The van der Waals surface area contributed by atoms with Crippen LogP contribution in [-0.4, -0.2) is 22.3 Å². The summed E-state index contributed by atoms with van der Waals surface area (Å²) < 4.78 is 5.88. The lowest BCUT2D eigenvalue weighted by molar-refractivity contribution is -0.670. The van der Waals surface area contributed by atoms with Crippen LogP contribution in [0.5, 0.6) is 0 Å². The summed E-state index contributed by atoms with van der Waals surface area (Å²) in [5.41, 5.74) is 0.738. The van der Waals surface area contributed by atoms with Gasteiger partial charge >= 0.3 is 5.63 Å². The fraction of sp³-hybridized carbons (Fsp3) is 0. The maximum Gasteiger partial charge on any atom is 0.427 e. The van der Waals surface area contributed by atoms with Gasteiger partial charge in [0.25, 0.3) is 11.9 Å². The quantitative estimate of drug-likeness (QED) is 0.231. The minimum atomic E-state index is -0.587. The molecule has 0 atom stereocenters. The van der Waals surface area contributed by atoms with Gasteiger partial charge in [0, 0.05) is 30.2 Å². The van der Waals surface area contributed by atoms with Gasteiger partial charge in [-0.2, -0.15) is 10.2 Å². The van der Waals surface area contributed by atoms with E-state index in [2.05, 4.69) is 20.0 Å². The summed E-state index contributed by atoms with van der Waals surface area (Å²) in [6.07, 6.45) is 2.50. The van der Waals surface area contributed by atoms with Gasteiger partial charge in [-0.1, -0.05) is 12.1 Å². The van der Waals surface area contributed by atoms with Crippen molar-refractivity contribution in [2.24, 2.45) is 10.2 Å². The van der Waals surface area contributed by atoms with Crippen LogP contribution in [0.25, 0.3) is 5.69 Å². The number of aromatic nitrogens is 2. The van der Waals surface area contributed by atoms with E-state index in [0.29, 0.717) is 11.3 Å². The van der Waals surface area contributed by atoms with Crippen LogP contribution in [-0.2, 0) is 0 Å². The fourth-order valence-electron chi connectivity index (χ4n) is 2.06. The van der Waals surface area contributed by atoms with Crippen LogP contribution < -0.4 is 15.4 Å². The number of benzene rings is 2. The highest BCUT2D eigenvalue weighted by Gasteiger charge is 2.10. The van der Waals surface area contributed by atoms with Crippen molar-refractivity contribution in [2.75, 3.05) is 0 Å². The zero-order valence-electron chi connectivity index (χ0n) is 13.1. The van der Waals surface area contributed by atoms with Gasteiger partial charge in [0.1, 0.15) is 0 Å². The summed E-state index contributed by atoms with van der Waals surface area (Å²) in [6.45, 7) is 0. The first-order valence-electron chi connectivity index (χ1n) is 7.26. The molecule has 0 saturated heterocycles. The third-order valence-electron chi connectivity index (χ3n) is 3.31. The lowest BCUT2D eigenvalue weighted by atomic mass is 10.2. The van der Waals surface area contributed by atoms with Crippen molar-refractivity contribution in [1.82, 2.24) is 5.27 Å². The molecule has 0 aliphatic carbocycles. The van der Waals surface area contributed by atoms with E-state index in [4.69, 9.17) is 0 Å². The zero-order valence-corrected chi connectivity index (χ0v) is 13.1. The molecule has 130 valence electrons. The molecule has 3 aromatic rings. The first-order valence-corrected chi connectivity index (χ1v) is 7.26. The third-order valence-corrected chi connectivity index (χ3v) is 3.31. The number of non-ortho nitro benzene ring substituents is 1. The highest BCUT2D eigenvalue weighted by Crippen LogP contribution is 2.10. The summed E-state index contributed by atoms with van der Waals surface area (Å²) in [7, 11) is 0. The molecule has 0 bridgehead atoms. The monoisotopic (exact) mass is 353 g/mol. The molecule has 1 aromatic heterocycles. The van der Waals surface area contributed by atoms with Crippen LogP contribution in [0.3, 0.4) is 0 Å². The SMILES string of the molecule is O=c1c[n+](-c2cccc(/C([O-])=N/N=C/c3ccc([N+](=O)[O-])cc3)c2)[nH]o1. The van der Waals surface area contributed by atoms with Gasteiger partial charge < -0.3 is 5.11 Å². The van der Waals surface area contributed by atoms with Gasteiger partial charge in [0.05, 0.1) is 11.1 Å². The lowest BCUT2D eigenvalue weighted by Gasteiger charge is -2.07. The molecule has 3 rings (SSSR count). The van der Waals surface area contributed by atoms with Crippen molar-refractivity contribution in [1.29, 1.82) is 0 Å². The number of nitro groups is 1. The van der Waals surface area contributed by atoms with E-state index in [1.54, 1.807) is 18.2 Å². The Morgan fingerprint density at radius 1 is 1.23 bits per heavy atom. The van der Waals surface area contributed by atoms with Gasteiger partial charge in [-0.3, -0.25) is 14.6 Å². The highest BCUT2D eigenvalue weighted by atomic mass is 16.6. The summed E-state index contributed by atoms with van der Waals surface area (Å²) in [5.74, 6) is -0.587. The second kappa shape index (κ2) is 7.21. The van der Waals surface area contributed by atoms with Crippen molar-refractivity contribution in [2.45, 2.75) is 0 Å². The number of nitrogens with one attached hydrogen (secondary N) is 1.